The highest BCUT2D eigenvalue weighted by molar-refractivity contribution is 6.02. The van der Waals surface area contributed by atoms with Crippen LogP contribution in [0, 0.1) is 11.3 Å². The molecule has 4 aromatic rings. The first kappa shape index (κ1) is 14.3. The standard InChI is InChI=1S/C22H15NO/c23-14-16-9-11-19(12-10-16)24-15-22-20-7-3-1-5-17(20)13-18-6-2-4-8-21(18)22/h1-13H,15H2. The highest BCUT2D eigenvalue weighted by atomic mass is 16.5. The van der Waals surface area contributed by atoms with Crippen LogP contribution in [-0.4, -0.2) is 0 Å². The van der Waals surface area contributed by atoms with E-state index in [1.165, 1.54) is 27.1 Å². The number of ether oxygens (including phenoxy) is 1. The van der Waals surface area contributed by atoms with E-state index in [0.717, 1.165) is 5.75 Å². The quantitative estimate of drug-likeness (QED) is 0.472. The lowest BCUT2D eigenvalue weighted by Gasteiger charge is -2.13. The van der Waals surface area contributed by atoms with Gasteiger partial charge in [0, 0.05) is 5.56 Å². The first-order valence-corrected chi connectivity index (χ1v) is 7.87. The lowest BCUT2D eigenvalue weighted by atomic mass is 9.97. The molecular formula is C22H15NO. The summed E-state index contributed by atoms with van der Waals surface area (Å²) in [6, 6.07) is 28.3. The zero-order valence-electron chi connectivity index (χ0n) is 13.1. The lowest BCUT2D eigenvalue weighted by Crippen LogP contribution is -1.98. The van der Waals surface area contributed by atoms with Gasteiger partial charge in [-0.2, -0.15) is 5.26 Å². The van der Waals surface area contributed by atoms with Crippen LogP contribution in [0.15, 0.2) is 78.9 Å². The number of benzene rings is 4. The Hall–Kier alpha value is -3.31. The molecular weight excluding hydrogens is 294 g/mol. The van der Waals surface area contributed by atoms with Gasteiger partial charge in [-0.3, -0.25) is 0 Å². The Labute approximate surface area is 140 Å². The molecule has 0 bridgehead atoms. The highest BCUT2D eigenvalue weighted by Crippen LogP contribution is 2.29. The van der Waals surface area contributed by atoms with Gasteiger partial charge in [0.2, 0.25) is 0 Å². The zero-order valence-corrected chi connectivity index (χ0v) is 13.1. The molecule has 0 saturated heterocycles. The van der Waals surface area contributed by atoms with Gasteiger partial charge in [0.1, 0.15) is 12.4 Å². The lowest BCUT2D eigenvalue weighted by molar-refractivity contribution is 0.309. The average molecular weight is 309 g/mol. The molecule has 4 aromatic carbocycles. The second-order valence-corrected chi connectivity index (χ2v) is 5.72. The van der Waals surface area contributed by atoms with Crippen molar-refractivity contribution < 1.29 is 4.74 Å². The normalized spacial score (nSPS) is 10.6. The third-order valence-corrected chi connectivity index (χ3v) is 4.25. The van der Waals surface area contributed by atoms with Gasteiger partial charge in [-0.15, -0.1) is 0 Å². The summed E-state index contributed by atoms with van der Waals surface area (Å²) in [5.41, 5.74) is 1.83. The number of hydrogen-bond donors (Lipinski definition) is 0. The van der Waals surface area contributed by atoms with Crippen LogP contribution >= 0.6 is 0 Å². The molecule has 24 heavy (non-hydrogen) atoms. The minimum Gasteiger partial charge on any atom is -0.489 e. The van der Waals surface area contributed by atoms with E-state index in [0.29, 0.717) is 12.2 Å². The summed E-state index contributed by atoms with van der Waals surface area (Å²) in [7, 11) is 0. The molecule has 0 atom stereocenters. The van der Waals surface area contributed by atoms with Gasteiger partial charge < -0.3 is 4.74 Å². The number of hydrogen-bond acceptors (Lipinski definition) is 2. The van der Waals surface area contributed by atoms with Crippen molar-refractivity contribution in [3.8, 4) is 11.8 Å². The second kappa shape index (κ2) is 6.06. The smallest absolute Gasteiger partial charge is 0.119 e. The Bertz CT molecular complexity index is 1000. The van der Waals surface area contributed by atoms with Crippen molar-refractivity contribution in [3.63, 3.8) is 0 Å². The highest BCUT2D eigenvalue weighted by Gasteiger charge is 2.08. The van der Waals surface area contributed by atoms with Crippen molar-refractivity contribution in [3.05, 3.63) is 90.0 Å². The van der Waals surface area contributed by atoms with Crippen LogP contribution in [0.5, 0.6) is 5.75 Å². The molecule has 0 amide bonds. The van der Waals surface area contributed by atoms with Gasteiger partial charge in [-0.25, -0.2) is 0 Å². The van der Waals surface area contributed by atoms with E-state index in [1.54, 1.807) is 12.1 Å². The van der Waals surface area contributed by atoms with Crippen molar-refractivity contribution >= 4 is 21.5 Å². The monoisotopic (exact) mass is 309 g/mol. The first-order valence-electron chi connectivity index (χ1n) is 7.87. The molecule has 0 unspecified atom stereocenters. The summed E-state index contributed by atoms with van der Waals surface area (Å²) in [5, 5.41) is 13.7. The molecule has 0 spiro atoms. The largest absolute Gasteiger partial charge is 0.489 e. The predicted molar refractivity (Wildman–Crippen MR) is 96.9 cm³/mol. The van der Waals surface area contributed by atoms with Gasteiger partial charge >= 0.3 is 0 Å². The fourth-order valence-electron chi connectivity index (χ4n) is 3.04. The number of rotatable bonds is 3. The Balaban J connectivity index is 1.77. The third kappa shape index (κ3) is 2.57. The summed E-state index contributed by atoms with van der Waals surface area (Å²) in [5.74, 6) is 0.769. The molecule has 0 heterocycles. The van der Waals surface area contributed by atoms with Crippen molar-refractivity contribution in [2.45, 2.75) is 6.61 Å². The van der Waals surface area contributed by atoms with Crippen LogP contribution in [0.2, 0.25) is 0 Å². The minimum absolute atomic E-state index is 0.494. The van der Waals surface area contributed by atoms with Crippen molar-refractivity contribution in [2.24, 2.45) is 0 Å². The number of fused-ring (bicyclic) bond motifs is 2. The van der Waals surface area contributed by atoms with E-state index in [9.17, 15) is 0 Å². The van der Waals surface area contributed by atoms with Crippen LogP contribution in [0.4, 0.5) is 0 Å². The van der Waals surface area contributed by atoms with E-state index in [1.807, 2.05) is 12.1 Å². The maximum absolute atomic E-state index is 8.88. The van der Waals surface area contributed by atoms with Gasteiger partial charge in [-0.05, 0) is 51.9 Å². The average Bonchev–Trinajstić information content (AvgIpc) is 2.65. The van der Waals surface area contributed by atoms with Gasteiger partial charge in [-0.1, -0.05) is 48.5 Å². The van der Waals surface area contributed by atoms with Crippen molar-refractivity contribution in [2.75, 3.05) is 0 Å². The van der Waals surface area contributed by atoms with Gasteiger partial charge in [0.15, 0.2) is 0 Å². The fraction of sp³-hybridized carbons (Fsp3) is 0.0455. The number of nitriles is 1. The summed E-state index contributed by atoms with van der Waals surface area (Å²) in [6.07, 6.45) is 0. The summed E-state index contributed by atoms with van der Waals surface area (Å²) < 4.78 is 6.00. The van der Waals surface area contributed by atoms with E-state index in [2.05, 4.69) is 60.7 Å². The van der Waals surface area contributed by atoms with Crippen molar-refractivity contribution in [1.29, 1.82) is 5.26 Å². The van der Waals surface area contributed by atoms with E-state index < -0.39 is 0 Å². The Morgan fingerprint density at radius 3 is 1.92 bits per heavy atom. The molecule has 0 fully saturated rings. The first-order chi connectivity index (χ1) is 11.8. The van der Waals surface area contributed by atoms with Crippen LogP contribution < -0.4 is 4.74 Å². The number of nitrogens with zero attached hydrogens (tertiary/aromatic N) is 1. The molecule has 2 nitrogen and oxygen atoms in total. The molecule has 114 valence electrons. The predicted octanol–water partition coefficient (Wildman–Crippen LogP) is 5.44. The SMILES string of the molecule is N#Cc1ccc(OCc2c3ccccc3cc3ccccc23)cc1. The molecule has 4 rings (SSSR count). The van der Waals surface area contributed by atoms with E-state index in [-0.39, 0.29) is 0 Å². The van der Waals surface area contributed by atoms with E-state index >= 15 is 0 Å². The second-order valence-electron chi connectivity index (χ2n) is 5.72. The maximum atomic E-state index is 8.88. The summed E-state index contributed by atoms with van der Waals surface area (Å²) >= 11 is 0. The molecule has 2 heteroatoms. The summed E-state index contributed by atoms with van der Waals surface area (Å²) in [4.78, 5) is 0. The minimum atomic E-state index is 0.494. The van der Waals surface area contributed by atoms with Crippen LogP contribution in [-0.2, 0) is 6.61 Å². The van der Waals surface area contributed by atoms with Gasteiger partial charge in [0.05, 0.1) is 11.6 Å². The Morgan fingerprint density at radius 2 is 1.33 bits per heavy atom. The molecule has 0 aliphatic rings. The molecule has 0 N–H and O–H groups in total. The topological polar surface area (TPSA) is 33.0 Å². The maximum Gasteiger partial charge on any atom is 0.119 e. The third-order valence-electron chi connectivity index (χ3n) is 4.25. The Morgan fingerprint density at radius 1 is 0.750 bits per heavy atom. The van der Waals surface area contributed by atoms with Crippen LogP contribution in [0.3, 0.4) is 0 Å². The van der Waals surface area contributed by atoms with Crippen molar-refractivity contribution in [1.82, 2.24) is 0 Å². The summed E-state index contributed by atoms with van der Waals surface area (Å²) in [6.45, 7) is 0.494. The molecule has 0 aliphatic heterocycles. The molecule has 0 saturated carbocycles. The van der Waals surface area contributed by atoms with Gasteiger partial charge in [0.25, 0.3) is 0 Å². The molecule has 0 radical (unpaired) electrons. The van der Waals surface area contributed by atoms with E-state index in [4.69, 9.17) is 10.00 Å². The Kier molecular flexibility index (Phi) is 3.61. The van der Waals surface area contributed by atoms with Crippen LogP contribution in [0.1, 0.15) is 11.1 Å². The van der Waals surface area contributed by atoms with Crippen LogP contribution in [0.25, 0.3) is 21.5 Å². The molecule has 0 aliphatic carbocycles. The molecule has 0 aromatic heterocycles. The zero-order chi connectivity index (χ0) is 16.4. The fourth-order valence-corrected chi connectivity index (χ4v) is 3.04.